The fraction of sp³-hybridized carbons (Fsp3) is 0.333. The number of anilines is 1. The van der Waals surface area contributed by atoms with Crippen molar-refractivity contribution >= 4 is 5.69 Å². The molecule has 21 heavy (non-hydrogen) atoms. The minimum atomic E-state index is -0.180. The molecule has 1 saturated heterocycles. The van der Waals surface area contributed by atoms with Crippen LogP contribution in [0.4, 0.5) is 10.1 Å². The maximum atomic E-state index is 13.4. The van der Waals surface area contributed by atoms with Gasteiger partial charge in [0.1, 0.15) is 5.82 Å². The molecule has 0 unspecified atom stereocenters. The number of hydrogen-bond donors (Lipinski definition) is 2. The van der Waals surface area contributed by atoms with Crippen LogP contribution in [0.5, 0.6) is 0 Å². The first kappa shape index (κ1) is 12.8. The molecule has 2 aromatic carbocycles. The van der Waals surface area contributed by atoms with Crippen molar-refractivity contribution in [2.45, 2.75) is 24.8 Å². The molecule has 2 nitrogen and oxygen atoms in total. The summed E-state index contributed by atoms with van der Waals surface area (Å²) >= 11 is 0. The molecule has 0 amide bonds. The van der Waals surface area contributed by atoms with Gasteiger partial charge >= 0.3 is 0 Å². The number of fused-ring (bicyclic) bond motifs is 3. The van der Waals surface area contributed by atoms with E-state index < -0.39 is 0 Å². The molecule has 2 aliphatic heterocycles. The molecule has 0 aliphatic carbocycles. The summed E-state index contributed by atoms with van der Waals surface area (Å²) in [7, 11) is 0. The first-order valence-corrected chi connectivity index (χ1v) is 7.68. The Morgan fingerprint density at radius 1 is 1.05 bits per heavy atom. The quantitative estimate of drug-likeness (QED) is 0.832. The van der Waals surface area contributed by atoms with Crippen molar-refractivity contribution in [1.82, 2.24) is 5.32 Å². The molecule has 108 valence electrons. The molecule has 2 atom stereocenters. The normalized spacial score (nSPS) is 23.9. The molecule has 0 saturated carbocycles. The van der Waals surface area contributed by atoms with Crippen LogP contribution in [0.25, 0.3) is 11.1 Å². The molecule has 0 aromatic heterocycles. The largest absolute Gasteiger partial charge is 0.381 e. The molecule has 2 aromatic rings. The molecule has 2 aliphatic rings. The highest BCUT2D eigenvalue weighted by atomic mass is 19.1. The first-order valence-electron chi connectivity index (χ1n) is 7.68. The highest BCUT2D eigenvalue weighted by molar-refractivity contribution is 5.71. The average molecular weight is 282 g/mol. The van der Waals surface area contributed by atoms with E-state index in [2.05, 4.69) is 28.8 Å². The van der Waals surface area contributed by atoms with Crippen molar-refractivity contribution in [2.75, 3.05) is 18.4 Å². The van der Waals surface area contributed by atoms with Gasteiger partial charge in [-0.2, -0.15) is 0 Å². The number of hydrogen-bond acceptors (Lipinski definition) is 2. The minimum Gasteiger partial charge on any atom is -0.381 e. The molecular weight excluding hydrogens is 263 g/mol. The van der Waals surface area contributed by atoms with Crippen LogP contribution < -0.4 is 10.6 Å². The smallest absolute Gasteiger partial charge is 0.123 e. The molecule has 1 fully saturated rings. The summed E-state index contributed by atoms with van der Waals surface area (Å²) in [6.07, 6.45) is 2.43. The van der Waals surface area contributed by atoms with Crippen LogP contribution >= 0.6 is 0 Å². The van der Waals surface area contributed by atoms with E-state index in [1.807, 2.05) is 6.07 Å². The van der Waals surface area contributed by atoms with Gasteiger partial charge in [-0.05, 0) is 60.3 Å². The number of benzene rings is 2. The van der Waals surface area contributed by atoms with Gasteiger partial charge in [-0.15, -0.1) is 0 Å². The molecule has 0 bridgehead atoms. The third kappa shape index (κ3) is 2.32. The summed E-state index contributed by atoms with van der Waals surface area (Å²) in [6, 6.07) is 13.8. The van der Waals surface area contributed by atoms with Crippen LogP contribution in [0.15, 0.2) is 42.5 Å². The van der Waals surface area contributed by atoms with Gasteiger partial charge in [0.05, 0.1) is 0 Å². The predicted octanol–water partition coefficient (Wildman–Crippen LogP) is 3.75. The van der Waals surface area contributed by atoms with E-state index in [1.54, 1.807) is 12.1 Å². The number of rotatable bonds is 1. The zero-order valence-corrected chi connectivity index (χ0v) is 11.9. The summed E-state index contributed by atoms with van der Waals surface area (Å²) < 4.78 is 13.4. The highest BCUT2D eigenvalue weighted by Crippen LogP contribution is 2.40. The lowest BCUT2D eigenvalue weighted by Gasteiger charge is -2.16. The highest BCUT2D eigenvalue weighted by Gasteiger charge is 2.32. The van der Waals surface area contributed by atoms with E-state index in [4.69, 9.17) is 0 Å². The average Bonchev–Trinajstić information content (AvgIpc) is 2.67. The Labute approximate surface area is 124 Å². The summed E-state index contributed by atoms with van der Waals surface area (Å²) in [4.78, 5) is 0. The topological polar surface area (TPSA) is 24.1 Å². The minimum absolute atomic E-state index is 0.180. The first-order chi connectivity index (χ1) is 10.3. The van der Waals surface area contributed by atoms with E-state index in [9.17, 15) is 4.39 Å². The van der Waals surface area contributed by atoms with Gasteiger partial charge in [-0.25, -0.2) is 4.39 Å². The monoisotopic (exact) mass is 282 g/mol. The lowest BCUT2D eigenvalue weighted by molar-refractivity contribution is 0.580. The van der Waals surface area contributed by atoms with Crippen molar-refractivity contribution in [3.8, 4) is 11.1 Å². The molecule has 0 spiro atoms. The van der Waals surface area contributed by atoms with Gasteiger partial charge in [0, 0.05) is 24.2 Å². The van der Waals surface area contributed by atoms with Crippen LogP contribution in [-0.2, 0) is 0 Å². The molecule has 2 heterocycles. The van der Waals surface area contributed by atoms with Gasteiger partial charge in [0.25, 0.3) is 0 Å². The Kier molecular flexibility index (Phi) is 3.15. The Bertz CT molecular complexity index is 668. The zero-order valence-electron chi connectivity index (χ0n) is 11.9. The van der Waals surface area contributed by atoms with E-state index >= 15 is 0 Å². The Morgan fingerprint density at radius 2 is 1.95 bits per heavy atom. The van der Waals surface area contributed by atoms with Gasteiger partial charge < -0.3 is 10.6 Å². The van der Waals surface area contributed by atoms with Gasteiger partial charge in [-0.3, -0.25) is 0 Å². The third-order valence-electron chi connectivity index (χ3n) is 4.67. The van der Waals surface area contributed by atoms with E-state index in [-0.39, 0.29) is 5.82 Å². The third-order valence-corrected chi connectivity index (χ3v) is 4.67. The fourth-order valence-electron chi connectivity index (χ4n) is 3.60. The van der Waals surface area contributed by atoms with Crippen molar-refractivity contribution in [3.63, 3.8) is 0 Å². The lowest BCUT2D eigenvalue weighted by Crippen LogP contribution is -2.25. The molecule has 3 heteroatoms. The maximum Gasteiger partial charge on any atom is 0.123 e. The Hall–Kier alpha value is -1.87. The molecular formula is C18H19FN2. The van der Waals surface area contributed by atoms with Crippen molar-refractivity contribution < 1.29 is 4.39 Å². The summed E-state index contributed by atoms with van der Waals surface area (Å²) in [5.74, 6) is 0.344. The molecule has 4 rings (SSSR count). The molecule has 0 radical (unpaired) electrons. The van der Waals surface area contributed by atoms with Gasteiger partial charge in [0.2, 0.25) is 0 Å². The number of nitrogens with one attached hydrogen (secondary N) is 2. The number of halogens is 1. The zero-order chi connectivity index (χ0) is 14.2. The summed E-state index contributed by atoms with van der Waals surface area (Å²) in [6.45, 7) is 2.13. The Balaban J connectivity index is 1.73. The van der Waals surface area contributed by atoms with Crippen molar-refractivity contribution in [1.29, 1.82) is 0 Å². The van der Waals surface area contributed by atoms with Gasteiger partial charge in [0.15, 0.2) is 0 Å². The summed E-state index contributed by atoms with van der Waals surface area (Å²) in [5.41, 5.74) is 4.66. The van der Waals surface area contributed by atoms with E-state index in [0.29, 0.717) is 12.0 Å². The van der Waals surface area contributed by atoms with E-state index in [0.717, 1.165) is 24.2 Å². The Morgan fingerprint density at radius 3 is 2.86 bits per heavy atom. The second kappa shape index (κ2) is 5.15. The standard InChI is InChI=1S/C18H19FN2/c19-14-4-1-3-12(9-14)13-6-7-18-15(10-13)16-11-20-8-2-5-17(16)21-18/h1,3-4,6-7,9-10,16-17,20-21H,2,5,8,11H2/t16-,17-/m0/s1. The maximum absolute atomic E-state index is 13.4. The van der Waals surface area contributed by atoms with Crippen molar-refractivity contribution in [3.05, 3.63) is 53.8 Å². The SMILES string of the molecule is Fc1cccc(-c2ccc3c(c2)[C@@H]2CNCCC[C@@H]2N3)c1. The summed E-state index contributed by atoms with van der Waals surface area (Å²) in [5, 5.41) is 7.18. The molecule has 2 N–H and O–H groups in total. The second-order valence-corrected chi connectivity index (χ2v) is 6.02. The fourth-order valence-corrected chi connectivity index (χ4v) is 3.60. The lowest BCUT2D eigenvalue weighted by atomic mass is 9.91. The van der Waals surface area contributed by atoms with Crippen LogP contribution in [-0.4, -0.2) is 19.1 Å². The second-order valence-electron chi connectivity index (χ2n) is 6.02. The van der Waals surface area contributed by atoms with Crippen LogP contribution in [0.2, 0.25) is 0 Å². The van der Waals surface area contributed by atoms with Crippen LogP contribution in [0, 0.1) is 5.82 Å². The van der Waals surface area contributed by atoms with Crippen LogP contribution in [0.3, 0.4) is 0 Å². The van der Waals surface area contributed by atoms with Gasteiger partial charge in [-0.1, -0.05) is 18.2 Å². The van der Waals surface area contributed by atoms with E-state index in [1.165, 1.54) is 30.2 Å². The van der Waals surface area contributed by atoms with Crippen LogP contribution in [0.1, 0.15) is 24.3 Å². The predicted molar refractivity (Wildman–Crippen MR) is 84.1 cm³/mol. The van der Waals surface area contributed by atoms with Crippen molar-refractivity contribution in [2.24, 2.45) is 0 Å².